The summed E-state index contributed by atoms with van der Waals surface area (Å²) >= 11 is 0. The van der Waals surface area contributed by atoms with E-state index >= 15 is 0 Å². The highest BCUT2D eigenvalue weighted by Crippen LogP contribution is 2.39. The lowest BCUT2D eigenvalue weighted by atomic mass is 9.85. The van der Waals surface area contributed by atoms with Crippen LogP contribution in [-0.4, -0.2) is 21.8 Å². The molecular formula is C12H18O4S. The molecule has 0 atom stereocenters. The van der Waals surface area contributed by atoms with Crippen LogP contribution in [0.3, 0.4) is 0 Å². The summed E-state index contributed by atoms with van der Waals surface area (Å²) in [5.41, 5.74) is 0.472. The molecule has 0 amide bonds. The van der Waals surface area contributed by atoms with Crippen LogP contribution in [0.5, 0.6) is 11.5 Å². The number of ether oxygens (including phenoxy) is 1. The van der Waals surface area contributed by atoms with Crippen LogP contribution in [0.2, 0.25) is 0 Å². The molecule has 0 N–H and O–H groups in total. The molecule has 0 saturated carbocycles. The highest BCUT2D eigenvalue weighted by Gasteiger charge is 2.25. The molecule has 0 fully saturated rings. The molecule has 0 aliphatic rings. The lowest BCUT2D eigenvalue weighted by Crippen LogP contribution is -2.17. The first kappa shape index (κ1) is 13.8. The molecule has 0 heterocycles. The molecule has 1 rings (SSSR count). The van der Waals surface area contributed by atoms with Gasteiger partial charge in [-0.25, -0.2) is 0 Å². The van der Waals surface area contributed by atoms with Gasteiger partial charge < -0.3 is 8.92 Å². The number of methoxy groups -OCH3 is 1. The Morgan fingerprint density at radius 1 is 1.12 bits per heavy atom. The van der Waals surface area contributed by atoms with Gasteiger partial charge in [0.15, 0.2) is 0 Å². The SMILES string of the molecule is COc1cccc(OS(C)(=O)=O)c1C(C)(C)C. The molecule has 0 unspecified atom stereocenters. The Balaban J connectivity index is 3.40. The van der Waals surface area contributed by atoms with E-state index in [-0.39, 0.29) is 5.41 Å². The van der Waals surface area contributed by atoms with Gasteiger partial charge in [0.1, 0.15) is 11.5 Å². The fraction of sp³-hybridized carbons (Fsp3) is 0.500. The van der Waals surface area contributed by atoms with Crippen molar-refractivity contribution in [2.24, 2.45) is 0 Å². The molecule has 4 nitrogen and oxygen atoms in total. The molecule has 96 valence electrons. The van der Waals surface area contributed by atoms with E-state index in [0.717, 1.165) is 11.8 Å². The van der Waals surface area contributed by atoms with Crippen molar-refractivity contribution in [3.8, 4) is 11.5 Å². The summed E-state index contributed by atoms with van der Waals surface area (Å²) < 4.78 is 32.7. The van der Waals surface area contributed by atoms with Crippen molar-refractivity contribution < 1.29 is 17.3 Å². The van der Waals surface area contributed by atoms with Crippen molar-refractivity contribution in [1.29, 1.82) is 0 Å². The van der Waals surface area contributed by atoms with Crippen LogP contribution in [-0.2, 0) is 15.5 Å². The normalized spacial score (nSPS) is 12.3. The van der Waals surface area contributed by atoms with E-state index in [4.69, 9.17) is 8.92 Å². The van der Waals surface area contributed by atoms with E-state index in [0.29, 0.717) is 11.5 Å². The van der Waals surface area contributed by atoms with Crippen molar-refractivity contribution in [2.45, 2.75) is 26.2 Å². The molecule has 5 heteroatoms. The summed E-state index contributed by atoms with van der Waals surface area (Å²) in [6, 6.07) is 5.12. The van der Waals surface area contributed by atoms with Crippen LogP contribution in [0.1, 0.15) is 26.3 Å². The maximum Gasteiger partial charge on any atom is 0.306 e. The molecule has 0 aliphatic carbocycles. The van der Waals surface area contributed by atoms with Crippen molar-refractivity contribution in [1.82, 2.24) is 0 Å². The minimum Gasteiger partial charge on any atom is -0.496 e. The van der Waals surface area contributed by atoms with E-state index in [2.05, 4.69) is 0 Å². The Morgan fingerprint density at radius 3 is 2.06 bits per heavy atom. The zero-order valence-electron chi connectivity index (χ0n) is 10.8. The monoisotopic (exact) mass is 258 g/mol. The Kier molecular flexibility index (Phi) is 3.71. The second-order valence-corrected chi connectivity index (χ2v) is 6.45. The minimum absolute atomic E-state index is 0.271. The van der Waals surface area contributed by atoms with Gasteiger partial charge in [-0.15, -0.1) is 0 Å². The summed E-state index contributed by atoms with van der Waals surface area (Å²) in [6.45, 7) is 5.92. The fourth-order valence-corrected chi connectivity index (χ4v) is 2.12. The van der Waals surface area contributed by atoms with Crippen molar-refractivity contribution >= 4 is 10.1 Å². The van der Waals surface area contributed by atoms with Gasteiger partial charge in [-0.05, 0) is 17.5 Å². The third-order valence-electron chi connectivity index (χ3n) is 2.20. The van der Waals surface area contributed by atoms with Gasteiger partial charge in [-0.3, -0.25) is 0 Å². The average Bonchev–Trinajstić information content (AvgIpc) is 2.12. The molecular weight excluding hydrogens is 240 g/mol. The maximum absolute atomic E-state index is 11.2. The predicted octanol–water partition coefficient (Wildman–Crippen LogP) is 2.33. The summed E-state index contributed by atoms with van der Waals surface area (Å²) in [6.07, 6.45) is 1.03. The standard InChI is InChI=1S/C12H18O4S/c1-12(2,3)11-9(15-4)7-6-8-10(11)16-17(5,13)14/h6-8H,1-5H3. The van der Waals surface area contributed by atoms with Gasteiger partial charge in [-0.1, -0.05) is 26.8 Å². The largest absolute Gasteiger partial charge is 0.496 e. The van der Waals surface area contributed by atoms with E-state index in [9.17, 15) is 8.42 Å². The van der Waals surface area contributed by atoms with Gasteiger partial charge in [-0.2, -0.15) is 8.42 Å². The predicted molar refractivity (Wildman–Crippen MR) is 67.2 cm³/mol. The van der Waals surface area contributed by atoms with Gasteiger partial charge in [0.25, 0.3) is 0 Å². The van der Waals surface area contributed by atoms with E-state index < -0.39 is 10.1 Å². The molecule has 0 spiro atoms. The Morgan fingerprint density at radius 2 is 1.65 bits per heavy atom. The van der Waals surface area contributed by atoms with Crippen LogP contribution in [0.15, 0.2) is 18.2 Å². The second-order valence-electron chi connectivity index (χ2n) is 4.87. The number of rotatable bonds is 3. The average molecular weight is 258 g/mol. The highest BCUT2D eigenvalue weighted by molar-refractivity contribution is 7.86. The van der Waals surface area contributed by atoms with E-state index in [1.54, 1.807) is 25.3 Å². The Labute approximate surface area is 103 Å². The topological polar surface area (TPSA) is 52.6 Å². The fourth-order valence-electron chi connectivity index (χ4n) is 1.65. The summed E-state index contributed by atoms with van der Waals surface area (Å²) in [5.74, 6) is 0.943. The van der Waals surface area contributed by atoms with Crippen LogP contribution in [0, 0.1) is 0 Å². The zero-order valence-corrected chi connectivity index (χ0v) is 11.6. The summed E-state index contributed by atoms with van der Waals surface area (Å²) in [4.78, 5) is 0. The molecule has 0 aliphatic heterocycles. The van der Waals surface area contributed by atoms with Crippen LogP contribution in [0.4, 0.5) is 0 Å². The molecule has 0 saturated heterocycles. The molecule has 0 bridgehead atoms. The second kappa shape index (κ2) is 4.56. The molecule has 1 aromatic carbocycles. The first-order valence-electron chi connectivity index (χ1n) is 5.22. The van der Waals surface area contributed by atoms with Crippen LogP contribution < -0.4 is 8.92 Å². The third kappa shape index (κ3) is 3.63. The number of hydrogen-bond acceptors (Lipinski definition) is 4. The number of hydrogen-bond donors (Lipinski definition) is 0. The lowest BCUT2D eigenvalue weighted by Gasteiger charge is -2.24. The highest BCUT2D eigenvalue weighted by atomic mass is 32.2. The zero-order chi connectivity index (χ0) is 13.3. The molecule has 1 aromatic rings. The number of benzene rings is 1. The maximum atomic E-state index is 11.2. The van der Waals surface area contributed by atoms with Crippen molar-refractivity contribution in [3.63, 3.8) is 0 Å². The smallest absolute Gasteiger partial charge is 0.306 e. The Bertz CT molecular complexity index is 498. The summed E-state index contributed by atoms with van der Waals surface area (Å²) in [5, 5.41) is 0. The van der Waals surface area contributed by atoms with Gasteiger partial charge in [0, 0.05) is 5.56 Å². The third-order valence-corrected chi connectivity index (χ3v) is 2.68. The van der Waals surface area contributed by atoms with Gasteiger partial charge in [0.2, 0.25) is 0 Å². The van der Waals surface area contributed by atoms with Crippen molar-refractivity contribution in [3.05, 3.63) is 23.8 Å². The van der Waals surface area contributed by atoms with Crippen molar-refractivity contribution in [2.75, 3.05) is 13.4 Å². The molecule has 17 heavy (non-hydrogen) atoms. The Hall–Kier alpha value is -1.23. The van der Waals surface area contributed by atoms with E-state index in [1.165, 1.54) is 0 Å². The summed E-state index contributed by atoms with van der Waals surface area (Å²) in [7, 11) is -1.99. The van der Waals surface area contributed by atoms with Crippen LogP contribution in [0.25, 0.3) is 0 Å². The minimum atomic E-state index is -3.54. The lowest BCUT2D eigenvalue weighted by molar-refractivity contribution is 0.390. The molecule has 0 radical (unpaired) electrons. The quantitative estimate of drug-likeness (QED) is 0.781. The van der Waals surface area contributed by atoms with E-state index in [1.807, 2.05) is 20.8 Å². The van der Waals surface area contributed by atoms with Gasteiger partial charge >= 0.3 is 10.1 Å². The first-order chi connectivity index (χ1) is 7.65. The first-order valence-corrected chi connectivity index (χ1v) is 7.04. The van der Waals surface area contributed by atoms with Gasteiger partial charge in [0.05, 0.1) is 13.4 Å². The molecule has 0 aromatic heterocycles. The van der Waals surface area contributed by atoms with Crippen LogP contribution >= 0.6 is 0 Å².